The molecule has 5 aromatic rings. The Morgan fingerprint density at radius 2 is 1.63 bits per heavy atom. The third kappa shape index (κ3) is 5.31. The molecule has 0 fully saturated rings. The Bertz CT molecular complexity index is 1740. The molecule has 0 radical (unpaired) electrons. The highest BCUT2D eigenvalue weighted by atomic mass is 16.5. The van der Waals surface area contributed by atoms with Gasteiger partial charge in [0, 0.05) is 34.5 Å². The van der Waals surface area contributed by atoms with Crippen LogP contribution >= 0.6 is 0 Å². The van der Waals surface area contributed by atoms with Crippen LogP contribution in [0.15, 0.2) is 66.9 Å². The molecule has 2 aromatic heterocycles. The maximum atomic E-state index is 13.8. The summed E-state index contributed by atoms with van der Waals surface area (Å²) in [7, 11) is 6.07. The quantitative estimate of drug-likeness (QED) is 0.223. The lowest BCUT2D eigenvalue weighted by atomic mass is 10.0. The molecular formula is C31H29N3O7. The second-order valence-corrected chi connectivity index (χ2v) is 9.28. The number of H-pyrrole nitrogens is 1. The van der Waals surface area contributed by atoms with Crippen LogP contribution in [-0.2, 0) is 11.2 Å². The molecule has 0 saturated heterocycles. The Morgan fingerprint density at radius 1 is 0.902 bits per heavy atom. The largest absolute Gasteiger partial charge is 0.497 e. The van der Waals surface area contributed by atoms with Crippen molar-refractivity contribution in [3.8, 4) is 34.3 Å². The predicted molar refractivity (Wildman–Crippen MR) is 154 cm³/mol. The van der Waals surface area contributed by atoms with Crippen molar-refractivity contribution in [3.05, 3.63) is 78.0 Å². The number of ether oxygens (including phenoxy) is 4. The molecule has 0 aliphatic carbocycles. The highest BCUT2D eigenvalue weighted by Crippen LogP contribution is 2.41. The zero-order chi connectivity index (χ0) is 29.1. The van der Waals surface area contributed by atoms with Crippen LogP contribution in [0.2, 0.25) is 0 Å². The van der Waals surface area contributed by atoms with Crippen molar-refractivity contribution in [2.75, 3.05) is 28.4 Å². The van der Waals surface area contributed by atoms with Crippen molar-refractivity contribution in [3.63, 3.8) is 0 Å². The highest BCUT2D eigenvalue weighted by molar-refractivity contribution is 6.08. The van der Waals surface area contributed by atoms with Crippen LogP contribution in [-0.4, -0.2) is 61.4 Å². The van der Waals surface area contributed by atoms with E-state index in [1.807, 2.05) is 24.3 Å². The number of nitrogens with one attached hydrogen (secondary N) is 2. The van der Waals surface area contributed by atoms with Crippen molar-refractivity contribution < 1.29 is 33.6 Å². The predicted octanol–water partition coefficient (Wildman–Crippen LogP) is 4.84. The number of para-hydroxylation sites is 1. The first-order valence-electron chi connectivity index (χ1n) is 12.7. The van der Waals surface area contributed by atoms with Crippen LogP contribution in [0.1, 0.15) is 15.9 Å². The molecule has 1 amide bonds. The lowest BCUT2D eigenvalue weighted by molar-refractivity contribution is -0.139. The molecule has 0 unspecified atom stereocenters. The van der Waals surface area contributed by atoms with Crippen molar-refractivity contribution in [2.24, 2.45) is 0 Å². The SMILES string of the molecule is COc1ccc2nc(-c3cc(OC)c(OC)c(OC)c3)cc(C(=O)N[C@H](Cc3c[nH]c4ccccc34)C(=O)O)c2c1. The Kier molecular flexibility index (Phi) is 7.64. The van der Waals surface area contributed by atoms with E-state index in [2.05, 4.69) is 10.3 Å². The molecule has 10 heteroatoms. The minimum absolute atomic E-state index is 0.0944. The molecule has 5 rings (SSSR count). The van der Waals surface area contributed by atoms with Crippen molar-refractivity contribution in [1.29, 1.82) is 0 Å². The summed E-state index contributed by atoms with van der Waals surface area (Å²) in [4.78, 5) is 34.0. The number of pyridine rings is 1. The minimum Gasteiger partial charge on any atom is -0.497 e. The molecule has 41 heavy (non-hydrogen) atoms. The first-order chi connectivity index (χ1) is 19.9. The standard InChI is InChI=1S/C31H29N3O7/c1-38-19-9-10-24-21(14-19)22(15-25(33-24)17-12-27(39-2)29(41-4)28(13-17)40-3)30(35)34-26(31(36)37)11-18-16-32-23-8-6-5-7-20(18)23/h5-10,12-16,26,32H,11H2,1-4H3,(H,34,35)(H,36,37)/t26-/m1/s1. The lowest BCUT2D eigenvalue weighted by Gasteiger charge is -2.17. The molecule has 1 atom stereocenters. The number of carbonyl (C=O) groups excluding carboxylic acids is 1. The molecular weight excluding hydrogens is 526 g/mol. The number of carbonyl (C=O) groups is 2. The molecule has 0 bridgehead atoms. The first kappa shape index (κ1) is 27.3. The molecule has 0 spiro atoms. The summed E-state index contributed by atoms with van der Waals surface area (Å²) in [5.74, 6) is 0.0885. The Morgan fingerprint density at radius 3 is 2.29 bits per heavy atom. The van der Waals surface area contributed by atoms with Crippen LogP contribution < -0.4 is 24.3 Å². The minimum atomic E-state index is -1.18. The topological polar surface area (TPSA) is 132 Å². The molecule has 0 saturated carbocycles. The van der Waals surface area contributed by atoms with Gasteiger partial charge in [0.1, 0.15) is 11.8 Å². The molecule has 2 heterocycles. The van der Waals surface area contributed by atoms with Gasteiger partial charge in [-0.15, -0.1) is 0 Å². The fourth-order valence-electron chi connectivity index (χ4n) is 4.85. The van der Waals surface area contributed by atoms with Gasteiger partial charge in [-0.25, -0.2) is 9.78 Å². The van der Waals surface area contributed by atoms with Gasteiger partial charge in [-0.1, -0.05) is 18.2 Å². The molecule has 3 N–H and O–H groups in total. The van der Waals surface area contributed by atoms with Crippen LogP contribution in [0.4, 0.5) is 0 Å². The van der Waals surface area contributed by atoms with Gasteiger partial charge in [0.2, 0.25) is 5.75 Å². The molecule has 3 aromatic carbocycles. The zero-order valence-corrected chi connectivity index (χ0v) is 23.0. The average Bonchev–Trinajstić information content (AvgIpc) is 3.41. The van der Waals surface area contributed by atoms with E-state index in [0.29, 0.717) is 45.2 Å². The number of carboxylic acid groups (broad SMARTS) is 1. The average molecular weight is 556 g/mol. The second kappa shape index (κ2) is 11.5. The first-order valence-corrected chi connectivity index (χ1v) is 12.7. The number of aromatic amines is 1. The zero-order valence-electron chi connectivity index (χ0n) is 23.0. The number of benzene rings is 3. The van der Waals surface area contributed by atoms with E-state index in [9.17, 15) is 14.7 Å². The Hall–Kier alpha value is -5.25. The number of carboxylic acids is 1. The van der Waals surface area contributed by atoms with Gasteiger partial charge < -0.3 is 34.4 Å². The third-order valence-corrected chi connectivity index (χ3v) is 6.92. The van der Waals surface area contributed by atoms with E-state index in [-0.39, 0.29) is 12.0 Å². The van der Waals surface area contributed by atoms with Crippen LogP contribution in [0.25, 0.3) is 33.1 Å². The van der Waals surface area contributed by atoms with E-state index >= 15 is 0 Å². The Labute approximate surface area is 235 Å². The van der Waals surface area contributed by atoms with Crippen molar-refractivity contribution in [1.82, 2.24) is 15.3 Å². The maximum absolute atomic E-state index is 13.8. The van der Waals surface area contributed by atoms with Crippen LogP contribution in [0.3, 0.4) is 0 Å². The summed E-state index contributed by atoms with van der Waals surface area (Å²) >= 11 is 0. The lowest BCUT2D eigenvalue weighted by Crippen LogP contribution is -2.42. The number of fused-ring (bicyclic) bond motifs is 2. The van der Waals surface area contributed by atoms with E-state index in [0.717, 1.165) is 16.5 Å². The van der Waals surface area contributed by atoms with Gasteiger partial charge >= 0.3 is 5.97 Å². The number of rotatable bonds is 10. The van der Waals surface area contributed by atoms with E-state index in [4.69, 9.17) is 23.9 Å². The number of methoxy groups -OCH3 is 4. The van der Waals surface area contributed by atoms with Gasteiger partial charge in [0.15, 0.2) is 11.5 Å². The normalized spacial score (nSPS) is 11.7. The fraction of sp³-hybridized carbons (Fsp3) is 0.194. The van der Waals surface area contributed by atoms with Crippen LogP contribution in [0, 0.1) is 0 Å². The molecule has 210 valence electrons. The molecule has 10 nitrogen and oxygen atoms in total. The van der Waals surface area contributed by atoms with Gasteiger partial charge in [-0.2, -0.15) is 0 Å². The summed E-state index contributed by atoms with van der Waals surface area (Å²) in [5, 5.41) is 14.2. The van der Waals surface area contributed by atoms with Gasteiger partial charge in [0.05, 0.1) is 45.2 Å². The van der Waals surface area contributed by atoms with E-state index in [1.165, 1.54) is 28.4 Å². The van der Waals surface area contributed by atoms with Crippen LogP contribution in [0.5, 0.6) is 23.0 Å². The number of aliphatic carboxylic acids is 1. The number of hydrogen-bond donors (Lipinski definition) is 3. The van der Waals surface area contributed by atoms with Gasteiger partial charge in [-0.3, -0.25) is 4.79 Å². The van der Waals surface area contributed by atoms with Crippen molar-refractivity contribution >= 4 is 33.7 Å². The monoisotopic (exact) mass is 555 g/mol. The summed E-state index contributed by atoms with van der Waals surface area (Å²) in [6.07, 6.45) is 1.86. The fourth-order valence-corrected chi connectivity index (χ4v) is 4.85. The number of aromatic nitrogens is 2. The number of hydrogen-bond acceptors (Lipinski definition) is 7. The molecule has 0 aliphatic heterocycles. The smallest absolute Gasteiger partial charge is 0.326 e. The molecule has 0 aliphatic rings. The number of amides is 1. The summed E-state index contributed by atoms with van der Waals surface area (Å²) in [6.45, 7) is 0. The highest BCUT2D eigenvalue weighted by Gasteiger charge is 2.25. The summed E-state index contributed by atoms with van der Waals surface area (Å²) in [5.41, 5.74) is 3.50. The van der Waals surface area contributed by atoms with E-state index in [1.54, 1.807) is 42.6 Å². The third-order valence-electron chi connectivity index (χ3n) is 6.92. The van der Waals surface area contributed by atoms with Crippen molar-refractivity contribution in [2.45, 2.75) is 12.5 Å². The number of nitrogens with zero attached hydrogens (tertiary/aromatic N) is 1. The Balaban J connectivity index is 1.58. The summed E-state index contributed by atoms with van der Waals surface area (Å²) in [6, 6.07) is 16.7. The maximum Gasteiger partial charge on any atom is 0.326 e. The van der Waals surface area contributed by atoms with E-state index < -0.39 is 17.9 Å². The summed E-state index contributed by atoms with van der Waals surface area (Å²) < 4.78 is 21.8. The second-order valence-electron chi connectivity index (χ2n) is 9.28. The van der Waals surface area contributed by atoms with Gasteiger partial charge in [0.25, 0.3) is 5.91 Å². The van der Waals surface area contributed by atoms with Gasteiger partial charge in [-0.05, 0) is 48.0 Å².